The number of carbonyl (C=O) groups excluding carboxylic acids is 2. The van der Waals surface area contributed by atoms with Crippen LogP contribution in [0.5, 0.6) is 0 Å². The normalized spacial score (nSPS) is 16.1. The van der Waals surface area contributed by atoms with Gasteiger partial charge in [-0.2, -0.15) is 0 Å². The van der Waals surface area contributed by atoms with Crippen molar-refractivity contribution in [2.75, 3.05) is 6.61 Å². The molecule has 0 aromatic heterocycles. The van der Waals surface area contributed by atoms with Crippen molar-refractivity contribution in [3.8, 4) is 0 Å². The predicted octanol–water partition coefficient (Wildman–Crippen LogP) is 3.64. The number of fused-ring (bicyclic) bond motifs is 1. The van der Waals surface area contributed by atoms with Gasteiger partial charge in [0.25, 0.3) is 5.91 Å². The fraction of sp³-hybridized carbons (Fsp3) is 0.263. The zero-order valence-electron chi connectivity index (χ0n) is 13.1. The molecule has 124 valence electrons. The van der Waals surface area contributed by atoms with Gasteiger partial charge in [0, 0.05) is 3.57 Å². The summed E-state index contributed by atoms with van der Waals surface area (Å²) in [5.74, 6) is -0.747. The van der Waals surface area contributed by atoms with Crippen LogP contribution in [0.4, 0.5) is 0 Å². The van der Waals surface area contributed by atoms with Crippen molar-refractivity contribution >= 4 is 34.5 Å². The number of rotatable bonds is 4. The molecule has 0 fully saturated rings. The second kappa shape index (κ2) is 7.79. The lowest BCUT2D eigenvalue weighted by molar-refractivity contribution is -0.125. The number of benzene rings is 2. The van der Waals surface area contributed by atoms with Crippen LogP contribution in [0, 0.1) is 3.57 Å². The van der Waals surface area contributed by atoms with Crippen LogP contribution in [-0.4, -0.2) is 18.5 Å². The Morgan fingerprint density at radius 3 is 2.83 bits per heavy atom. The third-order valence-electron chi connectivity index (χ3n) is 4.10. The van der Waals surface area contributed by atoms with Crippen LogP contribution in [0.3, 0.4) is 0 Å². The summed E-state index contributed by atoms with van der Waals surface area (Å²) in [6, 6.07) is 15.3. The first-order valence-electron chi connectivity index (χ1n) is 7.93. The smallest absolute Gasteiger partial charge is 0.338 e. The molecule has 0 radical (unpaired) electrons. The van der Waals surface area contributed by atoms with Gasteiger partial charge in [0.2, 0.25) is 0 Å². The Hall–Kier alpha value is -1.89. The van der Waals surface area contributed by atoms with Crippen molar-refractivity contribution in [1.29, 1.82) is 0 Å². The largest absolute Gasteiger partial charge is 0.452 e. The summed E-state index contributed by atoms with van der Waals surface area (Å²) in [4.78, 5) is 24.1. The summed E-state index contributed by atoms with van der Waals surface area (Å²) in [5.41, 5.74) is 2.91. The molecule has 1 N–H and O–H groups in total. The Labute approximate surface area is 154 Å². The Morgan fingerprint density at radius 1 is 1.17 bits per heavy atom. The summed E-state index contributed by atoms with van der Waals surface area (Å²) in [6.07, 6.45) is 3.00. The zero-order valence-corrected chi connectivity index (χ0v) is 15.3. The van der Waals surface area contributed by atoms with Gasteiger partial charge in [-0.3, -0.25) is 4.79 Å². The number of hydrogen-bond donors (Lipinski definition) is 1. The average Bonchev–Trinajstić information content (AvgIpc) is 2.60. The lowest BCUT2D eigenvalue weighted by Gasteiger charge is -2.26. The van der Waals surface area contributed by atoms with Crippen LogP contribution >= 0.6 is 22.6 Å². The molecule has 0 heterocycles. The molecule has 0 spiro atoms. The van der Waals surface area contributed by atoms with Crippen LogP contribution in [0.25, 0.3) is 0 Å². The maximum Gasteiger partial charge on any atom is 0.338 e. The summed E-state index contributed by atoms with van der Waals surface area (Å²) in [5, 5.41) is 2.98. The van der Waals surface area contributed by atoms with Crippen molar-refractivity contribution in [3.63, 3.8) is 0 Å². The van der Waals surface area contributed by atoms with E-state index >= 15 is 0 Å². The van der Waals surface area contributed by atoms with Crippen molar-refractivity contribution < 1.29 is 14.3 Å². The predicted molar refractivity (Wildman–Crippen MR) is 99.7 cm³/mol. The molecule has 0 aliphatic heterocycles. The van der Waals surface area contributed by atoms with Crippen LogP contribution in [0.1, 0.15) is 40.4 Å². The van der Waals surface area contributed by atoms with Crippen molar-refractivity contribution in [2.45, 2.75) is 25.3 Å². The van der Waals surface area contributed by atoms with Gasteiger partial charge in [-0.15, -0.1) is 0 Å². The van der Waals surface area contributed by atoms with Gasteiger partial charge in [-0.25, -0.2) is 4.79 Å². The molecule has 2 aromatic carbocycles. The molecular weight excluding hydrogens is 417 g/mol. The molecule has 24 heavy (non-hydrogen) atoms. The number of nitrogens with one attached hydrogen (secondary N) is 1. The molecule has 0 saturated carbocycles. The maximum absolute atomic E-state index is 12.1. The summed E-state index contributed by atoms with van der Waals surface area (Å²) < 4.78 is 6.07. The lowest BCUT2D eigenvalue weighted by Crippen LogP contribution is -2.34. The molecule has 3 rings (SSSR count). The van der Waals surface area contributed by atoms with E-state index in [1.807, 2.05) is 18.2 Å². The second-order valence-electron chi connectivity index (χ2n) is 5.80. The molecule has 0 bridgehead atoms. The third kappa shape index (κ3) is 4.14. The summed E-state index contributed by atoms with van der Waals surface area (Å²) in [6.45, 7) is -0.261. The minimum atomic E-state index is -0.479. The first kappa shape index (κ1) is 17.0. The number of carbonyl (C=O) groups is 2. The zero-order chi connectivity index (χ0) is 16.9. The fourth-order valence-electron chi connectivity index (χ4n) is 2.97. The molecule has 1 amide bonds. The number of halogens is 1. The molecule has 1 aliphatic carbocycles. The van der Waals surface area contributed by atoms with Gasteiger partial charge in [0.15, 0.2) is 6.61 Å². The highest BCUT2D eigenvalue weighted by atomic mass is 127. The van der Waals surface area contributed by atoms with Crippen LogP contribution < -0.4 is 5.32 Å². The minimum absolute atomic E-state index is 0.00109. The topological polar surface area (TPSA) is 55.4 Å². The van der Waals surface area contributed by atoms with E-state index in [9.17, 15) is 9.59 Å². The Bertz CT molecular complexity index is 760. The Kier molecular flexibility index (Phi) is 5.50. The molecule has 0 saturated heterocycles. The molecule has 1 atom stereocenters. The van der Waals surface area contributed by atoms with E-state index < -0.39 is 5.97 Å². The van der Waals surface area contributed by atoms with E-state index in [1.165, 1.54) is 11.1 Å². The van der Waals surface area contributed by atoms with Gasteiger partial charge >= 0.3 is 5.97 Å². The lowest BCUT2D eigenvalue weighted by atomic mass is 9.88. The number of amides is 1. The maximum atomic E-state index is 12.1. The first-order chi connectivity index (χ1) is 11.6. The first-order valence-corrected chi connectivity index (χ1v) is 9.01. The van der Waals surface area contributed by atoms with E-state index in [-0.39, 0.29) is 18.6 Å². The van der Waals surface area contributed by atoms with Gasteiger partial charge in [0.1, 0.15) is 0 Å². The van der Waals surface area contributed by atoms with Gasteiger partial charge in [-0.05, 0) is 71.2 Å². The summed E-state index contributed by atoms with van der Waals surface area (Å²) in [7, 11) is 0. The monoisotopic (exact) mass is 435 g/mol. The Morgan fingerprint density at radius 2 is 2.00 bits per heavy atom. The highest BCUT2D eigenvalue weighted by molar-refractivity contribution is 14.1. The molecular formula is C19H18INO3. The fourth-order valence-corrected chi connectivity index (χ4v) is 3.51. The summed E-state index contributed by atoms with van der Waals surface area (Å²) >= 11 is 2.13. The number of esters is 1. The Balaban J connectivity index is 1.56. The van der Waals surface area contributed by atoms with Gasteiger partial charge in [-0.1, -0.05) is 30.3 Å². The van der Waals surface area contributed by atoms with Crippen molar-refractivity contribution in [2.24, 2.45) is 0 Å². The third-order valence-corrected chi connectivity index (χ3v) is 4.77. The quantitative estimate of drug-likeness (QED) is 0.590. The number of aryl methyl sites for hydroxylation is 1. The van der Waals surface area contributed by atoms with Crippen LogP contribution in [0.2, 0.25) is 0 Å². The standard InChI is InChI=1S/C19H18INO3/c20-15-8-3-7-14(11-15)19(23)24-12-18(22)21-17-10-4-6-13-5-1-2-9-16(13)17/h1-3,5,7-9,11,17H,4,6,10,12H2,(H,21,22). The number of ether oxygens (including phenoxy) is 1. The van der Waals surface area contributed by atoms with Crippen LogP contribution in [0.15, 0.2) is 48.5 Å². The number of hydrogen-bond acceptors (Lipinski definition) is 3. The molecule has 5 heteroatoms. The van der Waals surface area contributed by atoms with E-state index in [2.05, 4.69) is 40.0 Å². The van der Waals surface area contributed by atoms with E-state index in [0.29, 0.717) is 5.56 Å². The minimum Gasteiger partial charge on any atom is -0.452 e. The van der Waals surface area contributed by atoms with Gasteiger partial charge in [0.05, 0.1) is 11.6 Å². The van der Waals surface area contributed by atoms with Crippen molar-refractivity contribution in [1.82, 2.24) is 5.32 Å². The highest BCUT2D eigenvalue weighted by Gasteiger charge is 2.21. The van der Waals surface area contributed by atoms with Crippen LogP contribution in [-0.2, 0) is 16.0 Å². The SMILES string of the molecule is O=C(COC(=O)c1cccc(I)c1)NC1CCCc2ccccc21. The van der Waals surface area contributed by atoms with E-state index in [1.54, 1.807) is 18.2 Å². The van der Waals surface area contributed by atoms with Crippen molar-refractivity contribution in [3.05, 3.63) is 68.8 Å². The average molecular weight is 435 g/mol. The second-order valence-corrected chi connectivity index (χ2v) is 7.04. The van der Waals surface area contributed by atoms with E-state index in [0.717, 1.165) is 22.8 Å². The molecule has 2 aromatic rings. The van der Waals surface area contributed by atoms with Gasteiger partial charge < -0.3 is 10.1 Å². The molecule has 4 nitrogen and oxygen atoms in total. The highest BCUT2D eigenvalue weighted by Crippen LogP contribution is 2.29. The van der Waals surface area contributed by atoms with E-state index in [4.69, 9.17) is 4.74 Å². The molecule has 1 aliphatic rings. The molecule has 1 unspecified atom stereocenters.